The maximum absolute atomic E-state index is 6.27. The van der Waals surface area contributed by atoms with Crippen molar-refractivity contribution in [1.29, 1.82) is 0 Å². The summed E-state index contributed by atoms with van der Waals surface area (Å²) in [6, 6.07) is 3.56. The molecule has 1 heterocycles. The first-order valence-electron chi connectivity index (χ1n) is 6.87. The fourth-order valence-corrected chi connectivity index (χ4v) is 2.89. The van der Waals surface area contributed by atoms with Crippen LogP contribution in [-0.4, -0.2) is 18.2 Å². The van der Waals surface area contributed by atoms with Crippen LogP contribution in [0, 0.1) is 0 Å². The van der Waals surface area contributed by atoms with Gasteiger partial charge in [0.1, 0.15) is 16.5 Å². The third-order valence-corrected chi connectivity index (χ3v) is 4.16. The Labute approximate surface area is 133 Å². The highest BCUT2D eigenvalue weighted by Crippen LogP contribution is 2.39. The lowest BCUT2D eigenvalue weighted by Crippen LogP contribution is -2.04. The standard InChI is InChI=1S/C15H19ClN2O2S/c1-4-19-13-7-14(20-5-2)11(16)6-10(13)12-8-21-15(18-12)9(3)17/h6-9H,4-5,17H2,1-3H3. The number of hydrogen-bond acceptors (Lipinski definition) is 5. The van der Waals surface area contributed by atoms with Crippen LogP contribution < -0.4 is 15.2 Å². The average molecular weight is 327 g/mol. The molecule has 0 fully saturated rings. The zero-order chi connectivity index (χ0) is 15.4. The van der Waals surface area contributed by atoms with E-state index < -0.39 is 0 Å². The lowest BCUT2D eigenvalue weighted by Gasteiger charge is -2.13. The Kier molecular flexibility index (Phi) is 5.45. The highest BCUT2D eigenvalue weighted by Gasteiger charge is 2.16. The number of thiazole rings is 1. The third kappa shape index (κ3) is 3.67. The molecule has 0 aliphatic heterocycles. The molecule has 0 spiro atoms. The van der Waals surface area contributed by atoms with Crippen LogP contribution in [0.15, 0.2) is 17.5 Å². The SMILES string of the molecule is CCOc1cc(OCC)c(-c2csc(C(C)N)n2)cc1Cl. The van der Waals surface area contributed by atoms with Gasteiger partial charge in [0.25, 0.3) is 0 Å². The minimum atomic E-state index is -0.0857. The number of aromatic nitrogens is 1. The Balaban J connectivity index is 2.47. The molecule has 6 heteroatoms. The van der Waals surface area contributed by atoms with E-state index in [1.54, 1.807) is 0 Å². The van der Waals surface area contributed by atoms with E-state index in [1.165, 1.54) is 11.3 Å². The Morgan fingerprint density at radius 1 is 1.24 bits per heavy atom. The van der Waals surface area contributed by atoms with Gasteiger partial charge in [0.05, 0.1) is 30.0 Å². The molecule has 0 radical (unpaired) electrons. The Morgan fingerprint density at radius 2 is 1.90 bits per heavy atom. The van der Waals surface area contributed by atoms with Crippen molar-refractivity contribution < 1.29 is 9.47 Å². The maximum Gasteiger partial charge on any atom is 0.141 e. The first kappa shape index (κ1) is 16.1. The Hall–Kier alpha value is -1.30. The second kappa shape index (κ2) is 7.11. The van der Waals surface area contributed by atoms with E-state index in [1.807, 2.05) is 38.3 Å². The van der Waals surface area contributed by atoms with Gasteiger partial charge in [-0.05, 0) is 26.8 Å². The van der Waals surface area contributed by atoms with Crippen LogP contribution in [0.25, 0.3) is 11.3 Å². The molecule has 2 aromatic rings. The van der Waals surface area contributed by atoms with Gasteiger partial charge in [-0.25, -0.2) is 4.98 Å². The van der Waals surface area contributed by atoms with Crippen LogP contribution in [-0.2, 0) is 0 Å². The van der Waals surface area contributed by atoms with Crippen molar-refractivity contribution >= 4 is 22.9 Å². The van der Waals surface area contributed by atoms with E-state index >= 15 is 0 Å². The number of hydrogen-bond donors (Lipinski definition) is 1. The summed E-state index contributed by atoms with van der Waals surface area (Å²) in [7, 11) is 0. The summed E-state index contributed by atoms with van der Waals surface area (Å²) >= 11 is 7.80. The summed E-state index contributed by atoms with van der Waals surface area (Å²) in [5.41, 5.74) is 7.54. The summed E-state index contributed by atoms with van der Waals surface area (Å²) in [6.07, 6.45) is 0. The molecule has 4 nitrogen and oxygen atoms in total. The fourth-order valence-electron chi connectivity index (χ4n) is 1.90. The summed E-state index contributed by atoms with van der Waals surface area (Å²) in [4.78, 5) is 4.55. The van der Waals surface area contributed by atoms with E-state index in [0.29, 0.717) is 29.7 Å². The highest BCUT2D eigenvalue weighted by atomic mass is 35.5. The van der Waals surface area contributed by atoms with Crippen molar-refractivity contribution in [3.8, 4) is 22.8 Å². The van der Waals surface area contributed by atoms with Crippen molar-refractivity contribution in [2.75, 3.05) is 13.2 Å². The summed E-state index contributed by atoms with van der Waals surface area (Å²) in [5, 5.41) is 3.40. The van der Waals surface area contributed by atoms with Gasteiger partial charge in [-0.15, -0.1) is 11.3 Å². The van der Waals surface area contributed by atoms with Crippen LogP contribution in [0.4, 0.5) is 0 Å². The third-order valence-electron chi connectivity index (χ3n) is 2.82. The van der Waals surface area contributed by atoms with Crippen molar-refractivity contribution in [3.05, 3.63) is 27.5 Å². The highest BCUT2D eigenvalue weighted by molar-refractivity contribution is 7.10. The summed E-state index contributed by atoms with van der Waals surface area (Å²) in [6.45, 7) is 6.88. The van der Waals surface area contributed by atoms with Gasteiger partial charge in [-0.3, -0.25) is 0 Å². The second-order valence-corrected chi connectivity index (χ2v) is 5.80. The normalized spacial score (nSPS) is 12.2. The summed E-state index contributed by atoms with van der Waals surface area (Å²) < 4.78 is 11.2. The number of benzene rings is 1. The first-order valence-corrected chi connectivity index (χ1v) is 8.13. The van der Waals surface area contributed by atoms with Crippen LogP contribution in [0.5, 0.6) is 11.5 Å². The molecule has 0 aliphatic carbocycles. The smallest absolute Gasteiger partial charge is 0.141 e. The Bertz CT molecular complexity index is 614. The number of halogens is 1. The lowest BCUT2D eigenvalue weighted by atomic mass is 10.1. The van der Waals surface area contributed by atoms with Crippen molar-refractivity contribution in [2.24, 2.45) is 5.73 Å². The predicted molar refractivity (Wildman–Crippen MR) is 87.5 cm³/mol. The molecule has 0 aliphatic rings. The zero-order valence-corrected chi connectivity index (χ0v) is 13.9. The molecule has 1 atom stereocenters. The van der Waals surface area contributed by atoms with Gasteiger partial charge in [-0.1, -0.05) is 11.6 Å². The quantitative estimate of drug-likeness (QED) is 0.860. The van der Waals surface area contributed by atoms with E-state index in [4.69, 9.17) is 26.8 Å². The molecule has 2 rings (SSSR count). The molecule has 0 saturated heterocycles. The molecule has 2 N–H and O–H groups in total. The van der Waals surface area contributed by atoms with E-state index in [0.717, 1.165) is 16.3 Å². The molecule has 0 bridgehead atoms. The molecule has 114 valence electrons. The van der Waals surface area contributed by atoms with Crippen molar-refractivity contribution in [2.45, 2.75) is 26.8 Å². The van der Waals surface area contributed by atoms with Crippen molar-refractivity contribution in [3.63, 3.8) is 0 Å². The van der Waals surface area contributed by atoms with Crippen LogP contribution in [0.3, 0.4) is 0 Å². The van der Waals surface area contributed by atoms with Crippen molar-refractivity contribution in [1.82, 2.24) is 4.98 Å². The van der Waals surface area contributed by atoms with Gasteiger partial charge in [0.15, 0.2) is 0 Å². The first-order chi connectivity index (χ1) is 10.1. The summed E-state index contributed by atoms with van der Waals surface area (Å²) in [5.74, 6) is 1.33. The van der Waals surface area contributed by atoms with Gasteiger partial charge in [0.2, 0.25) is 0 Å². The predicted octanol–water partition coefficient (Wildman–Crippen LogP) is 4.28. The molecular formula is C15H19ClN2O2S. The van der Waals surface area contributed by atoms with E-state index in [-0.39, 0.29) is 6.04 Å². The molecule has 21 heavy (non-hydrogen) atoms. The topological polar surface area (TPSA) is 57.4 Å². The monoisotopic (exact) mass is 326 g/mol. The van der Waals surface area contributed by atoms with Gasteiger partial charge in [0, 0.05) is 17.0 Å². The number of ether oxygens (including phenoxy) is 2. The largest absolute Gasteiger partial charge is 0.493 e. The fraction of sp³-hybridized carbons (Fsp3) is 0.400. The zero-order valence-electron chi connectivity index (χ0n) is 12.4. The van der Waals surface area contributed by atoms with Crippen LogP contribution >= 0.6 is 22.9 Å². The molecule has 1 aromatic heterocycles. The number of nitrogens with two attached hydrogens (primary N) is 1. The Morgan fingerprint density at radius 3 is 2.48 bits per heavy atom. The number of rotatable bonds is 6. The average Bonchev–Trinajstić information content (AvgIpc) is 2.92. The van der Waals surface area contributed by atoms with E-state index in [2.05, 4.69) is 4.98 Å². The van der Waals surface area contributed by atoms with Crippen LogP contribution in [0.1, 0.15) is 31.8 Å². The minimum Gasteiger partial charge on any atom is -0.493 e. The molecule has 0 amide bonds. The van der Waals surface area contributed by atoms with E-state index in [9.17, 15) is 0 Å². The van der Waals surface area contributed by atoms with Gasteiger partial charge < -0.3 is 15.2 Å². The maximum atomic E-state index is 6.27. The van der Waals surface area contributed by atoms with Crippen LogP contribution in [0.2, 0.25) is 5.02 Å². The lowest BCUT2D eigenvalue weighted by molar-refractivity contribution is 0.324. The van der Waals surface area contributed by atoms with Gasteiger partial charge >= 0.3 is 0 Å². The number of nitrogens with zero attached hydrogens (tertiary/aromatic N) is 1. The molecule has 1 unspecified atom stereocenters. The molecular weight excluding hydrogens is 308 g/mol. The minimum absolute atomic E-state index is 0.0857. The second-order valence-electron chi connectivity index (χ2n) is 4.50. The molecule has 1 aromatic carbocycles. The molecule has 0 saturated carbocycles. The van der Waals surface area contributed by atoms with Gasteiger partial charge in [-0.2, -0.15) is 0 Å².